The Bertz CT molecular complexity index is 927. The molecular formula is C19H16ClF3O6. The third-order valence-electron chi connectivity index (χ3n) is 3.77. The number of halogens is 4. The van der Waals surface area contributed by atoms with Crippen molar-refractivity contribution in [3.63, 3.8) is 0 Å². The van der Waals surface area contributed by atoms with E-state index in [0.29, 0.717) is 6.07 Å². The smallest absolute Gasteiger partial charge is 0.416 e. The summed E-state index contributed by atoms with van der Waals surface area (Å²) in [4.78, 5) is 22.8. The van der Waals surface area contributed by atoms with Gasteiger partial charge in [-0.05, 0) is 36.4 Å². The number of ether oxygens (including phenoxy) is 2. The molecule has 0 radical (unpaired) electrons. The summed E-state index contributed by atoms with van der Waals surface area (Å²) in [5.41, 5.74) is -1.34. The van der Waals surface area contributed by atoms with Crippen LogP contribution in [0, 0.1) is 5.92 Å². The van der Waals surface area contributed by atoms with Crippen LogP contribution in [0.1, 0.15) is 29.8 Å². The number of aromatic carboxylic acids is 1. The van der Waals surface area contributed by atoms with E-state index in [4.69, 9.17) is 21.1 Å². The van der Waals surface area contributed by atoms with Crippen molar-refractivity contribution in [2.45, 2.75) is 26.1 Å². The van der Waals surface area contributed by atoms with Gasteiger partial charge in [0.05, 0.1) is 10.6 Å². The summed E-state index contributed by atoms with van der Waals surface area (Å²) in [6.07, 6.45) is -5.85. The highest BCUT2D eigenvalue weighted by Crippen LogP contribution is 2.37. The Morgan fingerprint density at radius 3 is 2.14 bits per heavy atom. The van der Waals surface area contributed by atoms with Crippen LogP contribution in [0.2, 0.25) is 5.02 Å². The highest BCUT2D eigenvalue weighted by Gasteiger charge is 2.31. The second kappa shape index (κ2) is 8.60. The molecule has 0 aliphatic heterocycles. The van der Waals surface area contributed by atoms with Gasteiger partial charge >= 0.3 is 18.1 Å². The number of aliphatic carboxylic acids is 1. The molecule has 0 saturated carbocycles. The first-order chi connectivity index (χ1) is 13.4. The first-order valence-electron chi connectivity index (χ1n) is 8.21. The number of carbonyl (C=O) groups is 2. The highest BCUT2D eigenvalue weighted by atomic mass is 35.5. The van der Waals surface area contributed by atoms with Crippen molar-refractivity contribution >= 4 is 23.5 Å². The Labute approximate surface area is 168 Å². The fourth-order valence-corrected chi connectivity index (χ4v) is 2.56. The standard InChI is InChI=1S/C19H16ClF3O6/c1-9(2)16(18(26)27)29-14-6-4-11(8-12(14)17(24)25)28-15-5-3-10(7-13(15)20)19(21,22)23/h3-9,16H,1-2H3,(H,24,25)(H,26,27). The SMILES string of the molecule is CC(C)C(Oc1ccc(Oc2ccc(C(F)(F)F)cc2Cl)cc1C(=O)O)C(=O)O. The molecule has 0 aliphatic carbocycles. The van der Waals surface area contributed by atoms with E-state index in [-0.39, 0.29) is 27.8 Å². The van der Waals surface area contributed by atoms with Gasteiger partial charge in [0.2, 0.25) is 0 Å². The predicted octanol–water partition coefficient (Wildman–Crippen LogP) is 5.34. The molecule has 6 nitrogen and oxygen atoms in total. The maximum absolute atomic E-state index is 12.7. The Hall–Kier alpha value is -2.94. The summed E-state index contributed by atoms with van der Waals surface area (Å²) < 4.78 is 48.8. The molecule has 1 unspecified atom stereocenters. The van der Waals surface area contributed by atoms with Crippen LogP contribution in [-0.2, 0) is 11.0 Å². The van der Waals surface area contributed by atoms with E-state index in [1.54, 1.807) is 13.8 Å². The molecule has 10 heteroatoms. The van der Waals surface area contributed by atoms with Crippen LogP contribution in [-0.4, -0.2) is 28.3 Å². The number of hydrogen-bond acceptors (Lipinski definition) is 4. The van der Waals surface area contributed by atoms with Crippen molar-refractivity contribution in [3.8, 4) is 17.2 Å². The summed E-state index contributed by atoms with van der Waals surface area (Å²) in [6.45, 7) is 3.20. The molecule has 1 atom stereocenters. The molecular weight excluding hydrogens is 417 g/mol. The van der Waals surface area contributed by atoms with E-state index >= 15 is 0 Å². The van der Waals surface area contributed by atoms with Crippen molar-refractivity contribution in [2.75, 3.05) is 0 Å². The van der Waals surface area contributed by atoms with E-state index in [1.165, 1.54) is 12.1 Å². The minimum absolute atomic E-state index is 0.0344. The molecule has 0 heterocycles. The molecule has 0 saturated heterocycles. The average Bonchev–Trinajstić information content (AvgIpc) is 2.60. The third kappa shape index (κ3) is 5.54. The van der Waals surface area contributed by atoms with Crippen molar-refractivity contribution in [1.29, 1.82) is 0 Å². The fraction of sp³-hybridized carbons (Fsp3) is 0.263. The van der Waals surface area contributed by atoms with Crippen molar-refractivity contribution in [2.24, 2.45) is 5.92 Å². The molecule has 29 heavy (non-hydrogen) atoms. The van der Waals surface area contributed by atoms with Gasteiger partial charge in [-0.25, -0.2) is 9.59 Å². The monoisotopic (exact) mass is 432 g/mol. The summed E-state index contributed by atoms with van der Waals surface area (Å²) >= 11 is 5.83. The lowest BCUT2D eigenvalue weighted by Crippen LogP contribution is -2.32. The van der Waals surface area contributed by atoms with Gasteiger partial charge in [-0.2, -0.15) is 13.2 Å². The lowest BCUT2D eigenvalue weighted by Gasteiger charge is -2.20. The number of alkyl halides is 3. The molecule has 156 valence electrons. The minimum atomic E-state index is -4.57. The molecule has 2 N–H and O–H groups in total. The molecule has 0 amide bonds. The quantitative estimate of drug-likeness (QED) is 0.613. The summed E-state index contributed by atoms with van der Waals surface area (Å²) in [5.74, 6) is -3.44. The Balaban J connectivity index is 2.33. The van der Waals surface area contributed by atoms with E-state index in [0.717, 1.165) is 18.2 Å². The van der Waals surface area contributed by atoms with Gasteiger partial charge in [-0.1, -0.05) is 25.4 Å². The predicted molar refractivity (Wildman–Crippen MR) is 96.8 cm³/mol. The topological polar surface area (TPSA) is 93.1 Å². The summed E-state index contributed by atoms with van der Waals surface area (Å²) in [5, 5.41) is 18.3. The van der Waals surface area contributed by atoms with Crippen LogP contribution in [0.3, 0.4) is 0 Å². The Morgan fingerprint density at radius 1 is 1.03 bits per heavy atom. The molecule has 0 fully saturated rings. The Kier molecular flexibility index (Phi) is 6.63. The van der Waals surface area contributed by atoms with Crippen molar-refractivity contribution in [3.05, 3.63) is 52.5 Å². The van der Waals surface area contributed by atoms with Gasteiger partial charge in [0.25, 0.3) is 0 Å². The third-order valence-corrected chi connectivity index (χ3v) is 4.07. The molecule has 2 aromatic rings. The molecule has 2 aromatic carbocycles. The van der Waals surface area contributed by atoms with E-state index < -0.39 is 35.7 Å². The van der Waals surface area contributed by atoms with Crippen LogP contribution >= 0.6 is 11.6 Å². The van der Waals surface area contributed by atoms with Crippen LogP contribution in [0.5, 0.6) is 17.2 Å². The second-order valence-electron chi connectivity index (χ2n) is 6.33. The zero-order chi connectivity index (χ0) is 21.9. The van der Waals surface area contributed by atoms with Crippen LogP contribution in [0.15, 0.2) is 36.4 Å². The largest absolute Gasteiger partial charge is 0.478 e. The first kappa shape index (κ1) is 22.4. The number of carboxylic acids is 2. The lowest BCUT2D eigenvalue weighted by molar-refractivity contribution is -0.147. The number of benzene rings is 2. The van der Waals surface area contributed by atoms with Crippen molar-refractivity contribution in [1.82, 2.24) is 0 Å². The average molecular weight is 433 g/mol. The molecule has 0 spiro atoms. The van der Waals surface area contributed by atoms with Gasteiger partial charge in [-0.15, -0.1) is 0 Å². The molecule has 0 bridgehead atoms. The molecule has 0 aliphatic rings. The zero-order valence-electron chi connectivity index (χ0n) is 15.2. The highest BCUT2D eigenvalue weighted by molar-refractivity contribution is 6.32. The zero-order valence-corrected chi connectivity index (χ0v) is 15.9. The first-order valence-corrected chi connectivity index (χ1v) is 8.59. The van der Waals surface area contributed by atoms with Gasteiger partial charge in [0.15, 0.2) is 6.10 Å². The second-order valence-corrected chi connectivity index (χ2v) is 6.74. The lowest BCUT2D eigenvalue weighted by atomic mass is 10.1. The summed E-state index contributed by atoms with van der Waals surface area (Å²) in [6, 6.07) is 6.02. The minimum Gasteiger partial charge on any atom is -0.478 e. The fourth-order valence-electron chi connectivity index (χ4n) is 2.34. The number of carboxylic acid groups (broad SMARTS) is 2. The van der Waals surface area contributed by atoms with E-state index in [2.05, 4.69) is 0 Å². The maximum Gasteiger partial charge on any atom is 0.416 e. The van der Waals surface area contributed by atoms with Gasteiger partial charge < -0.3 is 19.7 Å². The van der Waals surface area contributed by atoms with Crippen LogP contribution < -0.4 is 9.47 Å². The van der Waals surface area contributed by atoms with Crippen molar-refractivity contribution < 1.29 is 42.4 Å². The van der Waals surface area contributed by atoms with E-state index in [9.17, 15) is 33.0 Å². The summed E-state index contributed by atoms with van der Waals surface area (Å²) in [7, 11) is 0. The normalized spacial score (nSPS) is 12.5. The van der Waals surface area contributed by atoms with Gasteiger partial charge in [0, 0.05) is 5.92 Å². The molecule has 0 aromatic heterocycles. The van der Waals surface area contributed by atoms with Gasteiger partial charge in [-0.3, -0.25) is 0 Å². The maximum atomic E-state index is 12.7. The van der Waals surface area contributed by atoms with Gasteiger partial charge in [0.1, 0.15) is 22.8 Å². The molecule has 2 rings (SSSR count). The van der Waals surface area contributed by atoms with Crippen LogP contribution in [0.4, 0.5) is 13.2 Å². The Morgan fingerprint density at radius 2 is 1.66 bits per heavy atom. The van der Waals surface area contributed by atoms with E-state index in [1.807, 2.05) is 0 Å². The number of rotatable bonds is 7. The van der Waals surface area contributed by atoms with Crippen LogP contribution in [0.25, 0.3) is 0 Å². The number of hydrogen-bond donors (Lipinski definition) is 2.